The Morgan fingerprint density at radius 3 is 2.24 bits per heavy atom. The van der Waals surface area contributed by atoms with Gasteiger partial charge in [0.25, 0.3) is 15.9 Å². The quantitative estimate of drug-likeness (QED) is 0.664. The van der Waals surface area contributed by atoms with Crippen LogP contribution in [-0.4, -0.2) is 28.5 Å². The van der Waals surface area contributed by atoms with Gasteiger partial charge in [-0.2, -0.15) is 0 Å². The van der Waals surface area contributed by atoms with Crippen LogP contribution >= 0.6 is 0 Å². The molecule has 0 atom stereocenters. The number of nitrogens with one attached hydrogen (secondary N) is 1. The molecule has 0 unspecified atom stereocenters. The average molecular weight is 410 g/mol. The summed E-state index contributed by atoms with van der Waals surface area (Å²) >= 11 is 0. The fraction of sp³-hybridized carbons (Fsp3) is 0.136. The van der Waals surface area contributed by atoms with Crippen molar-refractivity contribution in [2.24, 2.45) is 0 Å². The van der Waals surface area contributed by atoms with Gasteiger partial charge in [0.2, 0.25) is 0 Å². The van der Waals surface area contributed by atoms with Crippen molar-refractivity contribution >= 4 is 27.3 Å². The molecule has 3 aromatic rings. The molecule has 1 amide bonds. The lowest BCUT2D eigenvalue weighted by atomic mass is 10.2. The normalized spacial score (nSPS) is 11.0. The van der Waals surface area contributed by atoms with E-state index < -0.39 is 10.0 Å². The van der Waals surface area contributed by atoms with Crippen LogP contribution in [0.1, 0.15) is 15.9 Å². The van der Waals surface area contributed by atoms with E-state index in [1.54, 1.807) is 79.9 Å². The summed E-state index contributed by atoms with van der Waals surface area (Å²) in [6.07, 6.45) is 0. The van der Waals surface area contributed by atoms with Crippen molar-refractivity contribution in [3.8, 4) is 5.75 Å². The summed E-state index contributed by atoms with van der Waals surface area (Å²) in [4.78, 5) is 12.8. The lowest BCUT2D eigenvalue weighted by Crippen LogP contribution is -2.26. The Labute approximate surface area is 170 Å². The average Bonchev–Trinajstić information content (AvgIpc) is 2.74. The first kappa shape index (κ1) is 20.4. The Hall–Kier alpha value is -3.32. The number of ether oxygens (including phenoxy) is 1. The van der Waals surface area contributed by atoms with E-state index >= 15 is 0 Å². The van der Waals surface area contributed by atoms with Gasteiger partial charge in [0.15, 0.2) is 0 Å². The zero-order chi connectivity index (χ0) is 21.0. The van der Waals surface area contributed by atoms with Crippen molar-refractivity contribution in [1.82, 2.24) is 0 Å². The van der Waals surface area contributed by atoms with Crippen molar-refractivity contribution in [3.63, 3.8) is 0 Å². The molecular formula is C22H22N2O4S. The number of methoxy groups -OCH3 is 1. The van der Waals surface area contributed by atoms with E-state index in [2.05, 4.69) is 5.32 Å². The minimum atomic E-state index is -3.73. The van der Waals surface area contributed by atoms with E-state index in [0.29, 0.717) is 22.7 Å². The van der Waals surface area contributed by atoms with Crippen LogP contribution in [0, 0.1) is 6.92 Å². The van der Waals surface area contributed by atoms with Crippen LogP contribution in [0.25, 0.3) is 0 Å². The standard InChI is InChI=1S/C22H22N2O4S/c1-16-7-13-21(14-8-16)29(26,27)24(2)19-6-4-5-17(15-19)22(25)23-18-9-11-20(28-3)12-10-18/h4-15H,1-3H3,(H,23,25). The lowest BCUT2D eigenvalue weighted by Gasteiger charge is -2.20. The Morgan fingerprint density at radius 2 is 1.62 bits per heavy atom. The Bertz CT molecular complexity index is 1110. The third-order valence-corrected chi connectivity index (χ3v) is 6.30. The smallest absolute Gasteiger partial charge is 0.264 e. The van der Waals surface area contributed by atoms with Gasteiger partial charge in [-0.3, -0.25) is 9.10 Å². The molecule has 1 N–H and O–H groups in total. The highest BCUT2D eigenvalue weighted by Crippen LogP contribution is 2.24. The van der Waals surface area contributed by atoms with Crippen molar-refractivity contribution in [3.05, 3.63) is 83.9 Å². The van der Waals surface area contributed by atoms with Gasteiger partial charge in [-0.15, -0.1) is 0 Å². The monoisotopic (exact) mass is 410 g/mol. The number of carbonyl (C=O) groups excluding carboxylic acids is 1. The molecule has 0 aliphatic carbocycles. The molecule has 7 heteroatoms. The van der Waals surface area contributed by atoms with Crippen LogP contribution in [0.4, 0.5) is 11.4 Å². The van der Waals surface area contributed by atoms with Crippen LogP contribution in [-0.2, 0) is 10.0 Å². The summed E-state index contributed by atoms with van der Waals surface area (Å²) in [7, 11) is -0.692. The molecule has 0 radical (unpaired) electrons. The second kappa shape index (κ2) is 8.36. The highest BCUT2D eigenvalue weighted by atomic mass is 32.2. The number of rotatable bonds is 6. The predicted molar refractivity (Wildman–Crippen MR) is 114 cm³/mol. The first-order chi connectivity index (χ1) is 13.8. The third-order valence-electron chi connectivity index (χ3n) is 4.50. The van der Waals surface area contributed by atoms with Crippen LogP contribution < -0.4 is 14.4 Å². The molecule has 0 saturated heterocycles. The number of aryl methyl sites for hydroxylation is 1. The van der Waals surface area contributed by atoms with Crippen molar-refractivity contribution < 1.29 is 17.9 Å². The molecule has 3 rings (SSSR count). The number of anilines is 2. The summed E-state index contributed by atoms with van der Waals surface area (Å²) in [6.45, 7) is 1.89. The van der Waals surface area contributed by atoms with Gasteiger partial charge in [0, 0.05) is 18.3 Å². The fourth-order valence-corrected chi connectivity index (χ4v) is 3.92. The third kappa shape index (κ3) is 4.57. The maximum absolute atomic E-state index is 12.9. The maximum Gasteiger partial charge on any atom is 0.264 e. The number of carbonyl (C=O) groups is 1. The fourth-order valence-electron chi connectivity index (χ4n) is 2.73. The van der Waals surface area contributed by atoms with Gasteiger partial charge in [-0.1, -0.05) is 23.8 Å². The van der Waals surface area contributed by atoms with E-state index in [9.17, 15) is 13.2 Å². The Morgan fingerprint density at radius 1 is 0.966 bits per heavy atom. The van der Waals surface area contributed by atoms with E-state index in [1.807, 2.05) is 6.92 Å². The molecule has 0 aliphatic heterocycles. The van der Waals surface area contributed by atoms with Crippen LogP contribution in [0.2, 0.25) is 0 Å². The number of hydrogen-bond donors (Lipinski definition) is 1. The first-order valence-electron chi connectivity index (χ1n) is 8.92. The van der Waals surface area contributed by atoms with E-state index in [0.717, 1.165) is 5.56 Å². The molecule has 0 spiro atoms. The molecule has 0 aromatic heterocycles. The van der Waals surface area contributed by atoms with Crippen LogP contribution in [0.15, 0.2) is 77.7 Å². The van der Waals surface area contributed by atoms with Gasteiger partial charge in [0.05, 0.1) is 17.7 Å². The number of nitrogens with zero attached hydrogens (tertiary/aromatic N) is 1. The number of hydrogen-bond acceptors (Lipinski definition) is 4. The maximum atomic E-state index is 12.9. The van der Waals surface area contributed by atoms with Crippen molar-refractivity contribution in [1.29, 1.82) is 0 Å². The van der Waals surface area contributed by atoms with Gasteiger partial charge in [-0.05, 0) is 61.5 Å². The molecule has 0 bridgehead atoms. The molecule has 29 heavy (non-hydrogen) atoms. The molecule has 6 nitrogen and oxygen atoms in total. The molecule has 0 heterocycles. The highest BCUT2D eigenvalue weighted by Gasteiger charge is 2.22. The summed E-state index contributed by atoms with van der Waals surface area (Å²) in [5.41, 5.74) is 2.34. The van der Waals surface area contributed by atoms with Crippen molar-refractivity contribution in [2.75, 3.05) is 23.8 Å². The van der Waals surface area contributed by atoms with E-state index in [1.165, 1.54) is 11.4 Å². The van der Waals surface area contributed by atoms with Gasteiger partial charge >= 0.3 is 0 Å². The van der Waals surface area contributed by atoms with Crippen molar-refractivity contribution in [2.45, 2.75) is 11.8 Å². The second-order valence-electron chi connectivity index (χ2n) is 6.52. The minimum Gasteiger partial charge on any atom is -0.497 e. The summed E-state index contributed by atoms with van der Waals surface area (Å²) < 4.78 is 32.0. The Kier molecular flexibility index (Phi) is 5.89. The van der Waals surface area contributed by atoms with Gasteiger partial charge in [-0.25, -0.2) is 8.42 Å². The molecule has 0 aliphatic rings. The summed E-state index contributed by atoms with van der Waals surface area (Å²) in [5.74, 6) is 0.353. The zero-order valence-electron chi connectivity index (χ0n) is 16.4. The van der Waals surface area contributed by atoms with Crippen LogP contribution in [0.3, 0.4) is 0 Å². The molecule has 0 fully saturated rings. The molecule has 0 saturated carbocycles. The minimum absolute atomic E-state index is 0.193. The van der Waals surface area contributed by atoms with Gasteiger partial charge in [0.1, 0.15) is 5.75 Å². The van der Waals surface area contributed by atoms with E-state index in [4.69, 9.17) is 4.74 Å². The number of amides is 1. The SMILES string of the molecule is COc1ccc(NC(=O)c2cccc(N(C)S(=O)(=O)c3ccc(C)cc3)c2)cc1. The summed E-state index contributed by atoms with van der Waals surface area (Å²) in [6, 6.07) is 20.1. The first-order valence-corrected chi connectivity index (χ1v) is 10.4. The molecule has 3 aromatic carbocycles. The highest BCUT2D eigenvalue weighted by molar-refractivity contribution is 7.92. The zero-order valence-corrected chi connectivity index (χ0v) is 17.2. The second-order valence-corrected chi connectivity index (χ2v) is 8.49. The molecule has 150 valence electrons. The van der Waals surface area contributed by atoms with Crippen LogP contribution in [0.5, 0.6) is 5.75 Å². The largest absolute Gasteiger partial charge is 0.497 e. The number of benzene rings is 3. The number of sulfonamides is 1. The summed E-state index contributed by atoms with van der Waals surface area (Å²) in [5, 5.41) is 2.79. The Balaban J connectivity index is 1.82. The topological polar surface area (TPSA) is 75.7 Å². The van der Waals surface area contributed by atoms with E-state index in [-0.39, 0.29) is 10.8 Å². The lowest BCUT2D eigenvalue weighted by molar-refractivity contribution is 0.102. The van der Waals surface area contributed by atoms with Gasteiger partial charge < -0.3 is 10.1 Å². The predicted octanol–water partition coefficient (Wildman–Crippen LogP) is 4.08. The molecular weight excluding hydrogens is 388 g/mol.